The molecule has 0 saturated carbocycles. The molecule has 0 aliphatic rings. The van der Waals surface area contributed by atoms with Crippen molar-refractivity contribution in [1.82, 2.24) is 4.67 Å². The van der Waals surface area contributed by atoms with Crippen LogP contribution in [0, 0.1) is 11.3 Å². The second-order valence-corrected chi connectivity index (χ2v) is 6.62. The number of hydrogen-bond donors (Lipinski definition) is 0. The van der Waals surface area contributed by atoms with Gasteiger partial charge in [-0.3, -0.25) is 0 Å². The molecule has 0 spiro atoms. The molecule has 1 atom stereocenters. The fourth-order valence-corrected chi connectivity index (χ4v) is 2.96. The molecule has 0 bridgehead atoms. The topological polar surface area (TPSA) is 62.6 Å². The predicted octanol–water partition coefficient (Wildman–Crippen LogP) is 3.72. The molecule has 1 unspecified atom stereocenters. The Balaban J connectivity index is 2.58. The zero-order valence-corrected chi connectivity index (χ0v) is 14.0. The first kappa shape index (κ1) is 17.5. The molecule has 0 aliphatic heterocycles. The summed E-state index contributed by atoms with van der Waals surface area (Å²) in [4.78, 5) is 11.9. The summed E-state index contributed by atoms with van der Waals surface area (Å²) < 4.78 is 12.1. The van der Waals surface area contributed by atoms with Crippen LogP contribution in [-0.4, -0.2) is 23.4 Å². The van der Waals surface area contributed by atoms with Gasteiger partial charge in [-0.1, -0.05) is 16.8 Å². The number of nitriles is 1. The van der Waals surface area contributed by atoms with Crippen LogP contribution < -0.4 is 0 Å². The fraction of sp³-hybridized carbons (Fsp3) is 0.429. The van der Waals surface area contributed by atoms with Gasteiger partial charge < -0.3 is 4.74 Å². The second kappa shape index (κ2) is 8.68. The van der Waals surface area contributed by atoms with Crippen molar-refractivity contribution in [3.63, 3.8) is 0 Å². The Morgan fingerprint density at radius 1 is 1.43 bits per heavy atom. The van der Waals surface area contributed by atoms with Crippen LogP contribution in [0.2, 0.25) is 0 Å². The highest BCUT2D eigenvalue weighted by atomic mass is 32.4. The molecule has 0 fully saturated rings. The average Bonchev–Trinajstić information content (AvgIpc) is 2.45. The van der Waals surface area contributed by atoms with E-state index in [1.807, 2.05) is 6.92 Å². The number of benzene rings is 1. The van der Waals surface area contributed by atoms with Gasteiger partial charge in [0.1, 0.15) is 6.61 Å². The average molecular weight is 325 g/mol. The first-order valence-electron chi connectivity index (χ1n) is 6.55. The Morgan fingerprint density at radius 2 is 2.05 bits per heavy atom. The number of carbonyl (C=O) groups is 1. The Kier molecular flexibility index (Phi) is 7.24. The molecule has 0 aliphatic carbocycles. The van der Waals surface area contributed by atoms with E-state index in [0.717, 1.165) is 5.56 Å². The van der Waals surface area contributed by atoms with Crippen LogP contribution >= 0.6 is 7.07 Å². The van der Waals surface area contributed by atoms with E-state index in [0.29, 0.717) is 18.7 Å². The van der Waals surface area contributed by atoms with Crippen LogP contribution in [0.5, 0.6) is 0 Å². The van der Waals surface area contributed by atoms with Crippen molar-refractivity contribution in [3.05, 3.63) is 35.4 Å². The largest absolute Gasteiger partial charge is 0.478 e. The maximum atomic E-state index is 11.9. The molecular weight excluding hydrogens is 307 g/mol. The normalized spacial score (nSPS) is 10.9. The summed E-state index contributed by atoms with van der Waals surface area (Å²) in [5, 5.41) is 8.73. The molecule has 0 aromatic heterocycles. The summed E-state index contributed by atoms with van der Waals surface area (Å²) in [5.74, 6) is 0. The quantitative estimate of drug-likeness (QED) is 0.746. The van der Waals surface area contributed by atoms with Crippen LogP contribution in [-0.2, 0) is 27.7 Å². The summed E-state index contributed by atoms with van der Waals surface area (Å²) in [6.07, 6.45) is -0.642. The third-order valence-electron chi connectivity index (χ3n) is 2.47. The summed E-state index contributed by atoms with van der Waals surface area (Å²) in [6.45, 7) is 6.14. The number of ether oxygens (including phenoxy) is 1. The van der Waals surface area contributed by atoms with Gasteiger partial charge in [-0.25, -0.2) is 4.79 Å². The predicted molar refractivity (Wildman–Crippen MR) is 84.2 cm³/mol. The van der Waals surface area contributed by atoms with Crippen molar-refractivity contribution in [1.29, 1.82) is 5.26 Å². The molecule has 0 saturated heterocycles. The molecule has 1 amide bonds. The van der Waals surface area contributed by atoms with E-state index in [9.17, 15) is 4.79 Å². The summed E-state index contributed by atoms with van der Waals surface area (Å²) in [6, 6.07) is 9.10. The SMILES string of the molecule is CCN(C(=O)OC(C)C)[P+](=S)OCc1ccc(C#N)cc1. The van der Waals surface area contributed by atoms with E-state index in [2.05, 4.69) is 6.07 Å². The van der Waals surface area contributed by atoms with Crippen molar-refractivity contribution < 1.29 is 14.1 Å². The van der Waals surface area contributed by atoms with Crippen LogP contribution in [0.1, 0.15) is 31.9 Å². The standard InChI is InChI=1S/C14H18N2O3PS/c1-4-16(14(17)19-11(2)3)20(21)18-10-13-7-5-12(9-15)6-8-13/h5-8,11H,4,10H2,1-3H3/q+1. The minimum absolute atomic E-state index is 0.191. The van der Waals surface area contributed by atoms with Crippen molar-refractivity contribution in [3.8, 4) is 6.07 Å². The third kappa shape index (κ3) is 5.76. The fourth-order valence-electron chi connectivity index (χ4n) is 1.45. The van der Waals surface area contributed by atoms with E-state index >= 15 is 0 Å². The molecular formula is C14H18N2O3PS+. The molecule has 5 nitrogen and oxygen atoms in total. The highest BCUT2D eigenvalue weighted by Gasteiger charge is 2.31. The summed E-state index contributed by atoms with van der Waals surface area (Å²) >= 11 is 5.25. The van der Waals surface area contributed by atoms with Gasteiger partial charge >= 0.3 is 13.2 Å². The van der Waals surface area contributed by atoms with Gasteiger partial charge in [-0.15, -0.1) is 4.52 Å². The van der Waals surface area contributed by atoms with Crippen LogP contribution in [0.3, 0.4) is 0 Å². The lowest BCUT2D eigenvalue weighted by atomic mass is 10.2. The number of carbonyl (C=O) groups excluding carboxylic acids is 1. The Bertz CT molecular complexity index is 540. The van der Waals surface area contributed by atoms with Gasteiger partial charge in [0.05, 0.1) is 24.3 Å². The first-order chi connectivity index (χ1) is 9.97. The van der Waals surface area contributed by atoms with E-state index < -0.39 is 13.2 Å². The van der Waals surface area contributed by atoms with Crippen molar-refractivity contribution in [2.24, 2.45) is 0 Å². The second-order valence-electron chi connectivity index (χ2n) is 4.47. The van der Waals surface area contributed by atoms with Gasteiger partial charge in [0.15, 0.2) is 0 Å². The van der Waals surface area contributed by atoms with Gasteiger partial charge in [0, 0.05) is 0 Å². The van der Waals surface area contributed by atoms with Gasteiger partial charge in [-0.2, -0.15) is 5.26 Å². The van der Waals surface area contributed by atoms with Crippen LogP contribution in [0.25, 0.3) is 0 Å². The van der Waals surface area contributed by atoms with Crippen LogP contribution in [0.4, 0.5) is 4.79 Å². The first-order valence-corrected chi connectivity index (χ1v) is 8.77. The van der Waals surface area contributed by atoms with Gasteiger partial charge in [0.25, 0.3) is 0 Å². The van der Waals surface area contributed by atoms with E-state index in [1.165, 1.54) is 4.67 Å². The van der Waals surface area contributed by atoms with Crippen molar-refractivity contribution >= 4 is 25.0 Å². The third-order valence-corrected chi connectivity index (χ3v) is 4.57. The number of hydrogen-bond acceptors (Lipinski definition) is 5. The summed E-state index contributed by atoms with van der Waals surface area (Å²) in [5.41, 5.74) is 1.50. The monoisotopic (exact) mass is 325 g/mol. The highest BCUT2D eigenvalue weighted by Crippen LogP contribution is 2.31. The minimum atomic E-state index is -1.47. The van der Waals surface area contributed by atoms with Crippen LogP contribution in [0.15, 0.2) is 24.3 Å². The minimum Gasteiger partial charge on any atom is -0.444 e. The Morgan fingerprint density at radius 3 is 2.52 bits per heavy atom. The van der Waals surface area contributed by atoms with E-state index in [-0.39, 0.29) is 6.10 Å². The van der Waals surface area contributed by atoms with Gasteiger partial charge in [0.2, 0.25) is 11.8 Å². The molecule has 1 aromatic carbocycles. The molecule has 1 rings (SSSR count). The zero-order valence-electron chi connectivity index (χ0n) is 12.3. The Hall–Kier alpha value is -1.54. The van der Waals surface area contributed by atoms with E-state index in [4.69, 9.17) is 26.3 Å². The Labute approximate surface area is 131 Å². The highest BCUT2D eigenvalue weighted by molar-refractivity contribution is 8.02. The van der Waals surface area contributed by atoms with E-state index in [1.54, 1.807) is 38.1 Å². The lowest BCUT2D eigenvalue weighted by Gasteiger charge is -2.13. The smallest absolute Gasteiger partial charge is 0.444 e. The lowest BCUT2D eigenvalue weighted by Crippen LogP contribution is -2.27. The molecule has 1 aromatic rings. The number of rotatable bonds is 6. The molecule has 7 heteroatoms. The molecule has 0 radical (unpaired) electrons. The molecule has 0 N–H and O–H groups in total. The molecule has 112 valence electrons. The number of amides is 1. The van der Waals surface area contributed by atoms with Crippen molar-refractivity contribution in [2.45, 2.75) is 33.5 Å². The molecule has 0 heterocycles. The zero-order chi connectivity index (χ0) is 15.8. The maximum Gasteiger partial charge on any atom is 0.478 e. The van der Waals surface area contributed by atoms with Crippen molar-refractivity contribution in [2.75, 3.05) is 6.54 Å². The summed E-state index contributed by atoms with van der Waals surface area (Å²) in [7, 11) is -1.47. The lowest BCUT2D eigenvalue weighted by molar-refractivity contribution is 0.0965. The maximum absolute atomic E-state index is 11.9. The molecule has 21 heavy (non-hydrogen) atoms. The van der Waals surface area contributed by atoms with Gasteiger partial charge in [-0.05, 0) is 38.5 Å². The number of nitrogens with zero attached hydrogens (tertiary/aromatic N) is 2.